The molecule has 1 aliphatic carbocycles. The van der Waals surface area contributed by atoms with Crippen molar-refractivity contribution in [3.63, 3.8) is 0 Å². The second-order valence-corrected chi connectivity index (χ2v) is 19.3. The molecule has 1 aliphatic rings. The molecule has 18 nitrogen and oxygen atoms in total. The first-order valence-electron chi connectivity index (χ1n) is 24.1. The fourth-order valence-electron chi connectivity index (χ4n) is 7.12. The molecule has 0 aromatic carbocycles. The number of hydrogen-bond donors (Lipinski definition) is 7. The number of rotatable bonds is 40. The Morgan fingerprint density at radius 2 is 0.896 bits per heavy atom. The summed E-state index contributed by atoms with van der Waals surface area (Å²) in [5.74, 6) is -1.30. The van der Waals surface area contributed by atoms with Gasteiger partial charge >= 0.3 is 11.9 Å². The third-order valence-corrected chi connectivity index (χ3v) is 12.4. The molecule has 4 unspecified atom stereocenters. The van der Waals surface area contributed by atoms with Crippen molar-refractivity contribution >= 4 is 27.6 Å². The van der Waals surface area contributed by atoms with E-state index in [1.807, 2.05) is 12.2 Å². The molecule has 1 rings (SSSR count). The standard InChI is InChI=1S/C47H84O16P2.2H3N/c1-3-5-7-9-11-13-15-17-19-20-22-24-26-28-30-32-34-36-41(49)61-39(37-59-40(48)35-33-31-29-27-25-23-21-18-16-14-12-10-8-6-4-2)38-60-65(57,58)63-47-44(52)42(50)46(43(51)45(47)53)62-64(54,55)56;;/h11,13,17,19,22,24,28,30,39,42-47,50-53H,3-10,12,14-16,18,20-21,23,25-27,29,31-38H2,1-2H3,(H,57,58)(H2,54,55,56);2*1H3/b13-11+,19-17+,24-22+,30-28+;;/t39-,42-,43+,44-,45-,46?,47?;;/m1../s1. The number of carbonyl (C=O) groups is 2. The van der Waals surface area contributed by atoms with E-state index in [1.54, 1.807) is 0 Å². The van der Waals surface area contributed by atoms with Gasteiger partial charge in [0, 0.05) is 12.8 Å². The van der Waals surface area contributed by atoms with Gasteiger partial charge in [0.2, 0.25) is 0 Å². The van der Waals surface area contributed by atoms with Crippen LogP contribution in [0.2, 0.25) is 0 Å². The molecule has 0 radical (unpaired) electrons. The van der Waals surface area contributed by atoms with E-state index < -0.39 is 83.5 Å². The first-order chi connectivity index (χ1) is 31.1. The number of ether oxygens (including phenoxy) is 2. The monoisotopic (exact) mass is 1000 g/mol. The zero-order chi connectivity index (χ0) is 48.2. The number of hydrogen-bond acceptors (Lipinski definition) is 15. The summed E-state index contributed by atoms with van der Waals surface area (Å²) in [6.07, 6.45) is 27.2. The minimum Gasteiger partial charge on any atom is -0.756 e. The molecule has 0 heterocycles. The van der Waals surface area contributed by atoms with Crippen LogP contribution in [0.25, 0.3) is 0 Å². The van der Waals surface area contributed by atoms with E-state index in [0.717, 1.165) is 51.4 Å². The largest absolute Gasteiger partial charge is 0.756 e. The Morgan fingerprint density at radius 3 is 1.34 bits per heavy atom. The van der Waals surface area contributed by atoms with Crippen molar-refractivity contribution in [2.75, 3.05) is 13.2 Å². The van der Waals surface area contributed by atoms with Gasteiger partial charge in [0.25, 0.3) is 15.6 Å². The summed E-state index contributed by atoms with van der Waals surface area (Å²) < 4.78 is 48.4. The van der Waals surface area contributed by atoms with Crippen LogP contribution in [0.3, 0.4) is 0 Å². The van der Waals surface area contributed by atoms with Gasteiger partial charge in [0.15, 0.2) is 6.10 Å². The summed E-state index contributed by atoms with van der Waals surface area (Å²) in [7, 11) is -11.1. The molecule has 0 bridgehead atoms. The van der Waals surface area contributed by atoms with E-state index in [2.05, 4.69) is 54.8 Å². The Hall–Kier alpha value is -2.12. The highest BCUT2D eigenvalue weighted by Crippen LogP contribution is 2.45. The van der Waals surface area contributed by atoms with Crippen LogP contribution in [0, 0.1) is 0 Å². The van der Waals surface area contributed by atoms with Gasteiger partial charge in [0.05, 0.1) is 6.61 Å². The zero-order valence-corrected chi connectivity index (χ0v) is 42.9. The number of aliphatic hydroxyl groups excluding tert-OH is 4. The molecular weight excluding hydrogens is 910 g/mol. The number of phosphoric ester groups is 2. The first kappa shape index (κ1) is 67.0. The van der Waals surface area contributed by atoms with Gasteiger partial charge in [-0.3, -0.25) is 18.7 Å². The highest BCUT2D eigenvalue weighted by atomic mass is 31.2. The third kappa shape index (κ3) is 35.6. The molecule has 9 atom stereocenters. The fraction of sp³-hybridized carbons (Fsp3) is 0.787. The summed E-state index contributed by atoms with van der Waals surface area (Å²) in [5, 5.41) is 41.3. The van der Waals surface area contributed by atoms with Crippen LogP contribution >= 0.6 is 15.6 Å². The van der Waals surface area contributed by atoms with Crippen LogP contribution in [0.1, 0.15) is 181 Å². The average Bonchev–Trinajstić information content (AvgIpc) is 3.26. The Balaban J connectivity index is 0. The molecule has 394 valence electrons. The van der Waals surface area contributed by atoms with Crippen molar-refractivity contribution in [3.05, 3.63) is 48.6 Å². The van der Waals surface area contributed by atoms with Crippen LogP contribution in [0.15, 0.2) is 48.6 Å². The van der Waals surface area contributed by atoms with Gasteiger partial charge in [0.1, 0.15) is 43.2 Å². The normalized spacial score (nSPS) is 22.1. The van der Waals surface area contributed by atoms with Crippen molar-refractivity contribution < 1.29 is 76.9 Å². The van der Waals surface area contributed by atoms with Crippen LogP contribution in [0.4, 0.5) is 0 Å². The maximum Gasteiger partial charge on any atom is 0.306 e. The van der Waals surface area contributed by atoms with E-state index in [4.69, 9.17) is 23.4 Å². The number of phosphoric acid groups is 2. The van der Waals surface area contributed by atoms with Crippen molar-refractivity contribution in [1.29, 1.82) is 0 Å². The van der Waals surface area contributed by atoms with Crippen molar-refractivity contribution in [3.8, 4) is 0 Å². The minimum absolute atomic E-state index is 0. The highest BCUT2D eigenvalue weighted by Gasteiger charge is 2.52. The zero-order valence-electron chi connectivity index (χ0n) is 41.1. The predicted molar refractivity (Wildman–Crippen MR) is 258 cm³/mol. The number of carbonyl (C=O) groups excluding carboxylic acids is 2. The van der Waals surface area contributed by atoms with Gasteiger partial charge in [-0.15, -0.1) is 0 Å². The average molecular weight is 1000 g/mol. The summed E-state index contributed by atoms with van der Waals surface area (Å²) in [4.78, 5) is 58.3. The van der Waals surface area contributed by atoms with E-state index >= 15 is 0 Å². The molecule has 0 spiro atoms. The number of esters is 2. The second-order valence-electron chi connectivity index (χ2n) is 16.8. The molecule has 0 aromatic rings. The van der Waals surface area contributed by atoms with Crippen molar-refractivity contribution in [2.45, 2.75) is 224 Å². The van der Waals surface area contributed by atoms with Crippen LogP contribution < -0.4 is 22.1 Å². The SMILES string of the molecule is CCCCC/C=C/C/C=C/C/C=C/C/C=C/CCCC(=O)O[C@H](COC(=O)CCCCCCCCCCCCCCCCC)COP(=O)([O-])OC1[C@H](O)[C@H](O)C(OP(=O)([O-])O)[C@H](O)[C@H]1O.[NH4+].[NH4+]. The third-order valence-electron chi connectivity index (χ3n) is 10.9. The molecule has 0 aliphatic heterocycles. The lowest BCUT2D eigenvalue weighted by Crippen LogP contribution is -2.64. The Morgan fingerprint density at radius 1 is 0.522 bits per heavy atom. The molecule has 0 aromatic heterocycles. The van der Waals surface area contributed by atoms with Crippen molar-refractivity contribution in [1.82, 2.24) is 12.3 Å². The lowest BCUT2D eigenvalue weighted by atomic mass is 9.85. The highest BCUT2D eigenvalue weighted by molar-refractivity contribution is 7.46. The smallest absolute Gasteiger partial charge is 0.306 e. The molecule has 13 N–H and O–H groups in total. The Bertz CT molecular complexity index is 1450. The fourth-order valence-corrected chi connectivity index (χ4v) is 8.64. The molecule has 67 heavy (non-hydrogen) atoms. The van der Waals surface area contributed by atoms with E-state index in [-0.39, 0.29) is 25.1 Å². The molecule has 1 fully saturated rings. The molecular formula is C47H90N2O16P2. The Labute approximate surface area is 401 Å². The van der Waals surface area contributed by atoms with Gasteiger partial charge in [-0.1, -0.05) is 165 Å². The predicted octanol–water partition coefficient (Wildman–Crippen LogP) is 8.77. The van der Waals surface area contributed by atoms with Gasteiger partial charge in [-0.05, 0) is 51.4 Å². The molecule has 0 saturated heterocycles. The van der Waals surface area contributed by atoms with Crippen LogP contribution in [0.5, 0.6) is 0 Å². The maximum absolute atomic E-state index is 12.8. The van der Waals surface area contributed by atoms with E-state index in [1.165, 1.54) is 83.5 Å². The second kappa shape index (κ2) is 41.6. The van der Waals surface area contributed by atoms with Gasteiger partial charge < -0.3 is 70.5 Å². The van der Waals surface area contributed by atoms with E-state index in [0.29, 0.717) is 19.3 Å². The van der Waals surface area contributed by atoms with E-state index in [9.17, 15) is 48.9 Å². The minimum atomic E-state index is -5.58. The lowest BCUT2D eigenvalue weighted by molar-refractivity contribution is -0.271. The number of allylic oxidation sites excluding steroid dienone is 8. The molecule has 1 saturated carbocycles. The maximum atomic E-state index is 12.8. The summed E-state index contributed by atoms with van der Waals surface area (Å²) in [6.45, 7) is 2.96. The summed E-state index contributed by atoms with van der Waals surface area (Å²) in [5.41, 5.74) is 0. The summed E-state index contributed by atoms with van der Waals surface area (Å²) in [6, 6.07) is 0. The molecule has 20 heteroatoms. The quantitative estimate of drug-likeness (QED) is 0.0130. The first-order valence-corrected chi connectivity index (χ1v) is 27.1. The number of unbranched alkanes of at least 4 members (excludes halogenated alkanes) is 18. The van der Waals surface area contributed by atoms with Gasteiger partial charge in [-0.2, -0.15) is 0 Å². The van der Waals surface area contributed by atoms with Crippen LogP contribution in [-0.2, 0) is 41.8 Å². The van der Waals surface area contributed by atoms with Crippen molar-refractivity contribution in [2.24, 2.45) is 0 Å². The van der Waals surface area contributed by atoms with Crippen LogP contribution in [-0.4, -0.2) is 93.2 Å². The number of quaternary nitrogens is 2. The lowest BCUT2D eigenvalue weighted by Gasteiger charge is -2.45. The van der Waals surface area contributed by atoms with Gasteiger partial charge in [-0.25, -0.2) is 0 Å². The number of aliphatic hydroxyl groups is 4. The molecule has 0 amide bonds. The Kier molecular flexibility index (Phi) is 41.6. The summed E-state index contributed by atoms with van der Waals surface area (Å²) >= 11 is 0. The topological polar surface area (TPSA) is 335 Å².